The lowest BCUT2D eigenvalue weighted by atomic mass is 10.00. The van der Waals surface area contributed by atoms with Gasteiger partial charge in [0, 0.05) is 42.4 Å². The van der Waals surface area contributed by atoms with E-state index in [4.69, 9.17) is 4.74 Å². The molecule has 2 aliphatic rings. The third kappa shape index (κ3) is 4.30. The summed E-state index contributed by atoms with van der Waals surface area (Å²) in [7, 11) is 0. The summed E-state index contributed by atoms with van der Waals surface area (Å²) >= 11 is 1.50. The highest BCUT2D eigenvalue weighted by atomic mass is 32.2. The van der Waals surface area contributed by atoms with Crippen molar-refractivity contribution in [2.45, 2.75) is 62.6 Å². The zero-order valence-electron chi connectivity index (χ0n) is 18.8. The molecule has 5 rings (SSSR count). The molecule has 2 fully saturated rings. The molecule has 2 aliphatic heterocycles. The maximum atomic E-state index is 13.3. The Morgan fingerprint density at radius 1 is 1.25 bits per heavy atom. The van der Waals surface area contributed by atoms with Crippen molar-refractivity contribution >= 4 is 34.4 Å². The smallest absolute Gasteiger partial charge is 0.228 e. The standard InChI is InChI=1S/C24H31N5O2S/c1-16-9-11-28(12-10-16)23-26-27-24(29(23)15-18-6-5-13-31-18)32-17(2)22(30)20-14-25-21-8-4-3-7-19(20)21/h3-4,7-8,14,16-18,25H,5-6,9-13,15H2,1-2H3/t17-,18+/m0/s1. The molecule has 0 radical (unpaired) electrons. The lowest BCUT2D eigenvalue weighted by Crippen LogP contribution is -2.35. The number of hydrogen-bond acceptors (Lipinski definition) is 6. The number of Topliss-reactive ketones (excluding diaryl/α,β-unsaturated/α-hetero) is 1. The molecule has 1 N–H and O–H groups in total. The summed E-state index contributed by atoms with van der Waals surface area (Å²) in [6, 6.07) is 7.93. The van der Waals surface area contributed by atoms with Crippen LogP contribution in [0, 0.1) is 5.92 Å². The highest BCUT2D eigenvalue weighted by Gasteiger charge is 2.28. The number of nitrogens with zero attached hydrogens (tertiary/aromatic N) is 4. The number of hydrogen-bond donors (Lipinski definition) is 1. The number of ketones is 1. The van der Waals surface area contributed by atoms with Crippen molar-refractivity contribution in [2.24, 2.45) is 5.92 Å². The van der Waals surface area contributed by atoms with Gasteiger partial charge in [0.05, 0.1) is 17.9 Å². The molecule has 2 saturated heterocycles. The van der Waals surface area contributed by atoms with E-state index in [0.29, 0.717) is 0 Å². The molecule has 1 aromatic carbocycles. The molecular weight excluding hydrogens is 422 g/mol. The summed E-state index contributed by atoms with van der Waals surface area (Å²) in [5, 5.41) is 10.6. The van der Waals surface area contributed by atoms with Gasteiger partial charge in [0.1, 0.15) is 0 Å². The van der Waals surface area contributed by atoms with Crippen LogP contribution < -0.4 is 4.90 Å². The van der Waals surface area contributed by atoms with Gasteiger partial charge in [0.25, 0.3) is 0 Å². The Labute approximate surface area is 192 Å². The van der Waals surface area contributed by atoms with E-state index in [1.807, 2.05) is 37.4 Å². The number of rotatable bonds is 7. The van der Waals surface area contributed by atoms with Crippen LogP contribution in [0.1, 0.15) is 49.9 Å². The van der Waals surface area contributed by atoms with Gasteiger partial charge in [-0.05, 0) is 44.6 Å². The zero-order chi connectivity index (χ0) is 22.1. The van der Waals surface area contributed by atoms with Crippen molar-refractivity contribution in [3.63, 3.8) is 0 Å². The molecule has 4 heterocycles. The van der Waals surface area contributed by atoms with E-state index in [2.05, 4.69) is 31.6 Å². The fourth-order valence-electron chi connectivity index (χ4n) is 4.67. The van der Waals surface area contributed by atoms with E-state index in [1.54, 1.807) is 0 Å². The molecule has 170 valence electrons. The second-order valence-electron chi connectivity index (χ2n) is 9.07. The van der Waals surface area contributed by atoms with Crippen LogP contribution in [0.5, 0.6) is 0 Å². The van der Waals surface area contributed by atoms with Crippen molar-refractivity contribution in [1.29, 1.82) is 0 Å². The summed E-state index contributed by atoms with van der Waals surface area (Å²) in [5.74, 6) is 1.78. The molecule has 0 aliphatic carbocycles. The quantitative estimate of drug-likeness (QED) is 0.418. The Balaban J connectivity index is 1.38. The van der Waals surface area contributed by atoms with Gasteiger partial charge in [-0.25, -0.2) is 0 Å². The first-order valence-electron chi connectivity index (χ1n) is 11.7. The number of anilines is 1. The van der Waals surface area contributed by atoms with Gasteiger partial charge in [-0.2, -0.15) is 0 Å². The van der Waals surface area contributed by atoms with Gasteiger partial charge in [0.15, 0.2) is 10.9 Å². The number of nitrogens with one attached hydrogen (secondary N) is 1. The van der Waals surface area contributed by atoms with Gasteiger partial charge >= 0.3 is 0 Å². The average Bonchev–Trinajstić information content (AvgIpc) is 3.55. The van der Waals surface area contributed by atoms with Crippen LogP contribution in [0.25, 0.3) is 10.9 Å². The minimum Gasteiger partial charge on any atom is -0.376 e. The van der Waals surface area contributed by atoms with Crippen LogP contribution in [-0.2, 0) is 11.3 Å². The van der Waals surface area contributed by atoms with E-state index >= 15 is 0 Å². The van der Waals surface area contributed by atoms with Crippen molar-refractivity contribution in [3.8, 4) is 0 Å². The average molecular weight is 454 g/mol. The lowest BCUT2D eigenvalue weighted by molar-refractivity contribution is 0.0951. The van der Waals surface area contributed by atoms with Gasteiger partial charge in [-0.3, -0.25) is 9.36 Å². The number of fused-ring (bicyclic) bond motifs is 1. The largest absolute Gasteiger partial charge is 0.376 e. The fraction of sp³-hybridized carbons (Fsp3) is 0.542. The summed E-state index contributed by atoms with van der Waals surface area (Å²) in [4.78, 5) is 18.8. The zero-order valence-corrected chi connectivity index (χ0v) is 19.6. The predicted octanol–water partition coefficient (Wildman–Crippen LogP) is 4.54. The molecule has 3 aromatic rings. The van der Waals surface area contributed by atoms with E-state index in [9.17, 15) is 4.79 Å². The number of aromatic amines is 1. The fourth-order valence-corrected chi connectivity index (χ4v) is 5.59. The maximum Gasteiger partial charge on any atom is 0.228 e. The van der Waals surface area contributed by atoms with Crippen LogP contribution in [0.3, 0.4) is 0 Å². The second-order valence-corrected chi connectivity index (χ2v) is 10.4. The summed E-state index contributed by atoms with van der Waals surface area (Å²) in [6.07, 6.45) is 6.51. The van der Waals surface area contributed by atoms with Crippen LogP contribution in [0.4, 0.5) is 5.95 Å². The number of benzene rings is 1. The number of carbonyl (C=O) groups is 1. The molecular formula is C24H31N5O2S. The number of H-pyrrole nitrogens is 1. The van der Waals surface area contributed by atoms with E-state index in [-0.39, 0.29) is 17.1 Å². The molecule has 0 spiro atoms. The topological polar surface area (TPSA) is 76.0 Å². The number of piperidine rings is 1. The molecule has 7 nitrogen and oxygen atoms in total. The summed E-state index contributed by atoms with van der Waals surface area (Å²) < 4.78 is 8.12. The Bertz CT molecular complexity index is 1080. The molecule has 0 bridgehead atoms. The number of carbonyl (C=O) groups excluding carboxylic acids is 1. The normalized spacial score (nSPS) is 20.8. The first-order chi connectivity index (χ1) is 15.6. The minimum absolute atomic E-state index is 0.104. The third-order valence-electron chi connectivity index (χ3n) is 6.68. The lowest BCUT2D eigenvalue weighted by Gasteiger charge is -2.31. The molecule has 0 saturated carbocycles. The van der Waals surface area contributed by atoms with Crippen LogP contribution in [0.15, 0.2) is 35.6 Å². The molecule has 0 unspecified atom stereocenters. The maximum absolute atomic E-state index is 13.3. The molecule has 2 aromatic heterocycles. The SMILES string of the molecule is CC1CCN(c2nnc(S[C@@H](C)C(=O)c3c[nH]c4ccccc34)n2C[C@H]2CCCO2)CC1. The van der Waals surface area contributed by atoms with Crippen molar-refractivity contribution in [1.82, 2.24) is 19.7 Å². The van der Waals surface area contributed by atoms with Gasteiger partial charge < -0.3 is 14.6 Å². The van der Waals surface area contributed by atoms with Crippen LogP contribution in [0.2, 0.25) is 0 Å². The van der Waals surface area contributed by atoms with Crippen molar-refractivity contribution in [2.75, 3.05) is 24.6 Å². The van der Waals surface area contributed by atoms with E-state index < -0.39 is 0 Å². The Morgan fingerprint density at radius 3 is 2.84 bits per heavy atom. The van der Waals surface area contributed by atoms with Crippen LogP contribution in [-0.4, -0.2) is 56.6 Å². The number of thioether (sulfide) groups is 1. The number of ether oxygens (including phenoxy) is 1. The van der Waals surface area contributed by atoms with Crippen LogP contribution >= 0.6 is 11.8 Å². The third-order valence-corrected chi connectivity index (χ3v) is 7.76. The van der Waals surface area contributed by atoms with Crippen molar-refractivity contribution in [3.05, 3.63) is 36.0 Å². The summed E-state index contributed by atoms with van der Waals surface area (Å²) in [5.41, 5.74) is 1.72. The van der Waals surface area contributed by atoms with Gasteiger partial charge in [-0.15, -0.1) is 10.2 Å². The Hall–Kier alpha value is -2.32. The first kappa shape index (κ1) is 21.5. The Kier molecular flexibility index (Phi) is 6.24. The Morgan fingerprint density at radius 2 is 2.06 bits per heavy atom. The highest BCUT2D eigenvalue weighted by molar-refractivity contribution is 8.00. The van der Waals surface area contributed by atoms with Gasteiger partial charge in [-0.1, -0.05) is 36.9 Å². The summed E-state index contributed by atoms with van der Waals surface area (Å²) in [6.45, 7) is 7.83. The van der Waals surface area contributed by atoms with Gasteiger partial charge in [0.2, 0.25) is 5.95 Å². The second kappa shape index (κ2) is 9.27. The van der Waals surface area contributed by atoms with E-state index in [1.165, 1.54) is 24.6 Å². The first-order valence-corrected chi connectivity index (χ1v) is 12.5. The number of aromatic nitrogens is 4. The molecule has 32 heavy (non-hydrogen) atoms. The predicted molar refractivity (Wildman–Crippen MR) is 128 cm³/mol. The molecule has 8 heteroatoms. The number of para-hydroxylation sites is 1. The highest BCUT2D eigenvalue weighted by Crippen LogP contribution is 2.32. The van der Waals surface area contributed by atoms with E-state index in [0.717, 1.165) is 72.6 Å². The van der Waals surface area contributed by atoms with Crippen molar-refractivity contribution < 1.29 is 9.53 Å². The monoisotopic (exact) mass is 453 g/mol. The minimum atomic E-state index is -0.268. The molecule has 0 amide bonds. The molecule has 2 atom stereocenters.